The van der Waals surface area contributed by atoms with E-state index < -0.39 is 0 Å². The normalized spacial score (nSPS) is 27.3. The maximum atomic E-state index is 6.05. The highest BCUT2D eigenvalue weighted by Crippen LogP contribution is 2.41. The highest BCUT2D eigenvalue weighted by Gasteiger charge is 2.37. The minimum atomic E-state index is 0.381. The molecule has 1 aliphatic rings. The van der Waals surface area contributed by atoms with Crippen LogP contribution in [0.25, 0.3) is 0 Å². The zero-order valence-electron chi connectivity index (χ0n) is 14.7. The molecule has 4 nitrogen and oxygen atoms in total. The SMILES string of the molecule is COCCN(CCOC)C1CC(C(C)(C)C)CCC1CN. The highest BCUT2D eigenvalue weighted by atomic mass is 16.5. The topological polar surface area (TPSA) is 47.7 Å². The molecular formula is C17H36N2O2. The Morgan fingerprint density at radius 1 is 1.05 bits per heavy atom. The van der Waals surface area contributed by atoms with Gasteiger partial charge in [-0.15, -0.1) is 0 Å². The molecule has 4 heteroatoms. The average molecular weight is 300 g/mol. The molecule has 0 aromatic carbocycles. The van der Waals surface area contributed by atoms with Gasteiger partial charge in [-0.3, -0.25) is 4.90 Å². The molecule has 0 radical (unpaired) electrons. The Morgan fingerprint density at radius 3 is 2.05 bits per heavy atom. The van der Waals surface area contributed by atoms with E-state index in [-0.39, 0.29) is 0 Å². The Labute approximate surface area is 131 Å². The molecule has 3 atom stereocenters. The summed E-state index contributed by atoms with van der Waals surface area (Å²) in [6.45, 7) is 11.4. The number of hydrogen-bond acceptors (Lipinski definition) is 4. The van der Waals surface area contributed by atoms with Crippen LogP contribution in [0.3, 0.4) is 0 Å². The Hall–Kier alpha value is -0.160. The minimum absolute atomic E-state index is 0.381. The van der Waals surface area contributed by atoms with Crippen LogP contribution >= 0.6 is 0 Å². The molecule has 0 saturated heterocycles. The molecule has 2 N–H and O–H groups in total. The Kier molecular flexibility index (Phi) is 8.17. The summed E-state index contributed by atoms with van der Waals surface area (Å²) in [4.78, 5) is 2.54. The van der Waals surface area contributed by atoms with Gasteiger partial charge in [-0.05, 0) is 43.1 Å². The second-order valence-electron chi connectivity index (χ2n) is 7.46. The van der Waals surface area contributed by atoms with Gasteiger partial charge >= 0.3 is 0 Å². The molecule has 0 heterocycles. The van der Waals surface area contributed by atoms with E-state index in [0.29, 0.717) is 17.4 Å². The van der Waals surface area contributed by atoms with E-state index in [2.05, 4.69) is 25.7 Å². The number of rotatable bonds is 8. The summed E-state index contributed by atoms with van der Waals surface area (Å²) < 4.78 is 10.6. The van der Waals surface area contributed by atoms with Crippen LogP contribution in [-0.4, -0.2) is 58.0 Å². The first-order chi connectivity index (χ1) is 9.93. The molecule has 0 aromatic rings. The lowest BCUT2D eigenvalue weighted by molar-refractivity contribution is 0.0177. The number of hydrogen-bond donors (Lipinski definition) is 1. The largest absolute Gasteiger partial charge is 0.383 e. The molecule has 0 spiro atoms. The lowest BCUT2D eigenvalue weighted by atomic mass is 9.67. The Bertz CT molecular complexity index is 270. The van der Waals surface area contributed by atoms with Crippen molar-refractivity contribution in [2.75, 3.05) is 47.1 Å². The van der Waals surface area contributed by atoms with Crippen molar-refractivity contribution >= 4 is 0 Å². The van der Waals surface area contributed by atoms with E-state index in [0.717, 1.165) is 38.8 Å². The fourth-order valence-electron chi connectivity index (χ4n) is 3.58. The van der Waals surface area contributed by atoms with Gasteiger partial charge in [0, 0.05) is 33.4 Å². The summed E-state index contributed by atoms with van der Waals surface area (Å²) in [5, 5.41) is 0. The van der Waals surface area contributed by atoms with E-state index >= 15 is 0 Å². The van der Waals surface area contributed by atoms with Gasteiger partial charge in [-0.2, -0.15) is 0 Å². The molecule has 1 fully saturated rings. The molecule has 126 valence electrons. The predicted molar refractivity (Wildman–Crippen MR) is 88.5 cm³/mol. The monoisotopic (exact) mass is 300 g/mol. The summed E-state index contributed by atoms with van der Waals surface area (Å²) >= 11 is 0. The van der Waals surface area contributed by atoms with E-state index in [1.165, 1.54) is 19.3 Å². The van der Waals surface area contributed by atoms with Crippen LogP contribution in [0.15, 0.2) is 0 Å². The Morgan fingerprint density at radius 2 is 1.62 bits per heavy atom. The smallest absolute Gasteiger partial charge is 0.0589 e. The standard InChI is InChI=1S/C17H36N2O2/c1-17(2,3)15-7-6-14(13-18)16(12-15)19(8-10-20-4)9-11-21-5/h14-16H,6-13,18H2,1-5H3. The van der Waals surface area contributed by atoms with Gasteiger partial charge in [0.2, 0.25) is 0 Å². The van der Waals surface area contributed by atoms with E-state index in [4.69, 9.17) is 15.2 Å². The molecule has 0 aliphatic heterocycles. The second kappa shape index (κ2) is 9.09. The maximum Gasteiger partial charge on any atom is 0.0589 e. The van der Waals surface area contributed by atoms with Crippen molar-refractivity contribution < 1.29 is 9.47 Å². The van der Waals surface area contributed by atoms with Crippen LogP contribution < -0.4 is 5.73 Å². The second-order valence-corrected chi connectivity index (χ2v) is 7.46. The average Bonchev–Trinajstić information content (AvgIpc) is 2.46. The fourth-order valence-corrected chi connectivity index (χ4v) is 3.58. The van der Waals surface area contributed by atoms with E-state index in [1.54, 1.807) is 14.2 Å². The molecule has 21 heavy (non-hydrogen) atoms. The molecule has 1 aliphatic carbocycles. The van der Waals surface area contributed by atoms with Crippen LogP contribution in [0.1, 0.15) is 40.0 Å². The van der Waals surface area contributed by atoms with Crippen LogP contribution in [0, 0.1) is 17.3 Å². The lowest BCUT2D eigenvalue weighted by Crippen LogP contribution is -2.50. The van der Waals surface area contributed by atoms with Gasteiger partial charge in [0.1, 0.15) is 0 Å². The van der Waals surface area contributed by atoms with Crippen molar-refractivity contribution in [3.63, 3.8) is 0 Å². The summed E-state index contributed by atoms with van der Waals surface area (Å²) in [6.07, 6.45) is 3.81. The predicted octanol–water partition coefficient (Wildman–Crippen LogP) is 2.37. The first-order valence-electron chi connectivity index (χ1n) is 8.36. The van der Waals surface area contributed by atoms with E-state index in [9.17, 15) is 0 Å². The van der Waals surface area contributed by atoms with Crippen molar-refractivity contribution in [1.82, 2.24) is 4.90 Å². The molecule has 0 bridgehead atoms. The van der Waals surface area contributed by atoms with Gasteiger partial charge in [-0.1, -0.05) is 20.8 Å². The zero-order chi connectivity index (χ0) is 15.9. The van der Waals surface area contributed by atoms with E-state index in [1.807, 2.05) is 0 Å². The fraction of sp³-hybridized carbons (Fsp3) is 1.00. The number of methoxy groups -OCH3 is 2. The van der Waals surface area contributed by atoms with Gasteiger partial charge in [-0.25, -0.2) is 0 Å². The van der Waals surface area contributed by atoms with Crippen LogP contribution in [0.4, 0.5) is 0 Å². The van der Waals surface area contributed by atoms with Gasteiger partial charge in [0.25, 0.3) is 0 Å². The lowest BCUT2D eigenvalue weighted by Gasteiger charge is -2.46. The quantitative estimate of drug-likeness (QED) is 0.747. The molecule has 0 aromatic heterocycles. The maximum absolute atomic E-state index is 6.05. The molecule has 1 saturated carbocycles. The summed E-state index contributed by atoms with van der Waals surface area (Å²) in [5.41, 5.74) is 6.44. The molecule has 3 unspecified atom stereocenters. The third-order valence-corrected chi connectivity index (χ3v) is 5.12. The van der Waals surface area contributed by atoms with Crippen LogP contribution in [-0.2, 0) is 9.47 Å². The zero-order valence-corrected chi connectivity index (χ0v) is 14.7. The first-order valence-corrected chi connectivity index (χ1v) is 8.36. The number of nitrogens with zero attached hydrogens (tertiary/aromatic N) is 1. The van der Waals surface area contributed by atoms with Gasteiger partial charge in [0.15, 0.2) is 0 Å². The molecule has 1 rings (SSSR count). The first kappa shape index (κ1) is 18.9. The van der Waals surface area contributed by atoms with Gasteiger partial charge < -0.3 is 15.2 Å². The summed E-state index contributed by atoms with van der Waals surface area (Å²) in [7, 11) is 3.54. The molecular weight excluding hydrogens is 264 g/mol. The van der Waals surface area contributed by atoms with Crippen molar-refractivity contribution in [2.45, 2.75) is 46.1 Å². The highest BCUT2D eigenvalue weighted by molar-refractivity contribution is 4.91. The van der Waals surface area contributed by atoms with Crippen LogP contribution in [0.2, 0.25) is 0 Å². The third-order valence-electron chi connectivity index (χ3n) is 5.12. The van der Waals surface area contributed by atoms with Gasteiger partial charge in [0.05, 0.1) is 13.2 Å². The molecule has 0 amide bonds. The number of ether oxygens (including phenoxy) is 2. The minimum Gasteiger partial charge on any atom is -0.383 e. The third kappa shape index (κ3) is 5.85. The number of nitrogens with two attached hydrogens (primary N) is 1. The van der Waals surface area contributed by atoms with Crippen molar-refractivity contribution in [3.8, 4) is 0 Å². The van der Waals surface area contributed by atoms with Crippen molar-refractivity contribution in [3.05, 3.63) is 0 Å². The summed E-state index contributed by atoms with van der Waals surface area (Å²) in [5.74, 6) is 1.38. The van der Waals surface area contributed by atoms with Crippen molar-refractivity contribution in [2.24, 2.45) is 23.0 Å². The Balaban J connectivity index is 2.77. The van der Waals surface area contributed by atoms with Crippen molar-refractivity contribution in [1.29, 1.82) is 0 Å². The van der Waals surface area contributed by atoms with Crippen LogP contribution in [0.5, 0.6) is 0 Å². The summed E-state index contributed by atoms with van der Waals surface area (Å²) in [6, 6.07) is 0.568.